The third kappa shape index (κ3) is 12.8. The Bertz CT molecular complexity index is 3200. The molecular formula is C54H54F8N8O7S2. The maximum Gasteiger partial charge on any atom is 0.420 e. The van der Waals surface area contributed by atoms with E-state index in [1.54, 1.807) is 26.3 Å². The molecule has 0 saturated carbocycles. The zero-order chi connectivity index (χ0) is 58.1. The first kappa shape index (κ1) is 59.5. The number of carbonyl (C=O) groups is 4. The number of amides is 4. The molecule has 7 rings (SSSR count). The summed E-state index contributed by atoms with van der Waals surface area (Å²) in [6.07, 6.45) is -10.0. The third-order valence-corrected chi connectivity index (χ3v) is 14.7. The number of ether oxygens (including phenoxy) is 2. The molecule has 0 spiro atoms. The number of aliphatic hydroxyl groups is 1. The van der Waals surface area contributed by atoms with Crippen molar-refractivity contribution in [2.45, 2.75) is 110 Å². The number of β-amino-alcohol motifs (C(OH)–C–C–N with tert-alkyl or cyclic N) is 1. The molecule has 79 heavy (non-hydrogen) atoms. The number of benzene rings is 3. The van der Waals surface area contributed by atoms with E-state index in [2.05, 4.69) is 20.6 Å². The van der Waals surface area contributed by atoms with Crippen LogP contribution in [0.25, 0.3) is 21.7 Å². The second-order valence-electron chi connectivity index (χ2n) is 20.5. The number of nitriles is 1. The second-order valence-corrected chi connectivity index (χ2v) is 21.7. The Morgan fingerprint density at radius 3 is 2.23 bits per heavy atom. The van der Waals surface area contributed by atoms with Crippen molar-refractivity contribution < 1.29 is 68.9 Å². The van der Waals surface area contributed by atoms with Crippen LogP contribution in [0.1, 0.15) is 94.8 Å². The Balaban J connectivity index is 0.915. The molecule has 3 N–H and O–H groups in total. The maximum absolute atomic E-state index is 15.5. The van der Waals surface area contributed by atoms with Gasteiger partial charge in [0.15, 0.2) is 22.5 Å². The number of anilines is 2. The molecule has 420 valence electrons. The van der Waals surface area contributed by atoms with E-state index in [0.717, 1.165) is 57.1 Å². The number of thiazole rings is 1. The summed E-state index contributed by atoms with van der Waals surface area (Å²) in [5, 5.41) is 24.8. The standard InChI is InChI=1S/C54H54F8N8O7S2/c1-28(30-10-12-31(13-11-30)45-29(2)65-27-79-45)66-47(73)39-22-35(71)25-68(39)48(74)46(51(3,4)5)67-41(72)26-76-18-8-9-19-77-40-17-15-32(20-37(40)55)44-36(53(57,58)59)21-34(24-64-44)70-50(78)69(49(75)52(70,6)7)38-16-14-33(23-63)42(43(38)56)54(60,61)62/h10-17,20-21,24,27-28,35,39,46,71H,8-9,18-19,22,25-26H2,1-7H3,(H,66,73)(H,67,72)/t28-,35+,39-,46+/m0/s1. The molecule has 25 heteroatoms. The first-order valence-electron chi connectivity index (χ1n) is 24.6. The Morgan fingerprint density at radius 2 is 1.62 bits per heavy atom. The van der Waals surface area contributed by atoms with Crippen molar-refractivity contribution in [3.05, 3.63) is 112 Å². The number of pyridine rings is 1. The topological polar surface area (TPSA) is 190 Å². The number of unbranched alkanes of at least 4 members (excludes halogenated alkanes) is 1. The average molecular weight is 1140 g/mol. The Labute approximate surface area is 458 Å². The van der Waals surface area contributed by atoms with Crippen LogP contribution >= 0.6 is 23.6 Å². The molecule has 0 unspecified atom stereocenters. The molecule has 4 amide bonds. The summed E-state index contributed by atoms with van der Waals surface area (Å²) < 4.78 is 128. The molecule has 2 aliphatic heterocycles. The van der Waals surface area contributed by atoms with Gasteiger partial charge in [-0.2, -0.15) is 31.6 Å². The zero-order valence-corrected chi connectivity index (χ0v) is 45.2. The lowest BCUT2D eigenvalue weighted by Gasteiger charge is -2.35. The lowest BCUT2D eigenvalue weighted by molar-refractivity contribution is -0.144. The lowest BCUT2D eigenvalue weighted by atomic mass is 9.85. The lowest BCUT2D eigenvalue weighted by Crippen LogP contribution is -2.58. The molecule has 0 aliphatic carbocycles. The van der Waals surface area contributed by atoms with Gasteiger partial charge in [-0.05, 0) is 106 Å². The summed E-state index contributed by atoms with van der Waals surface area (Å²) in [5.74, 6) is -6.10. The highest BCUT2D eigenvalue weighted by Gasteiger charge is 2.53. The Hall–Kier alpha value is -7.14. The minimum absolute atomic E-state index is 0.000970. The minimum Gasteiger partial charge on any atom is -0.491 e. The molecule has 2 saturated heterocycles. The normalized spacial score (nSPS) is 17.4. The highest BCUT2D eigenvalue weighted by Crippen LogP contribution is 2.45. The quantitative estimate of drug-likeness (QED) is 0.0455. The fourth-order valence-electron chi connectivity index (χ4n) is 9.21. The summed E-state index contributed by atoms with van der Waals surface area (Å²) in [6, 6.07) is 11.3. The van der Waals surface area contributed by atoms with E-state index in [-0.39, 0.29) is 43.9 Å². The molecular weight excluding hydrogens is 1090 g/mol. The number of carbonyl (C=O) groups excluding carboxylic acids is 4. The monoisotopic (exact) mass is 1140 g/mol. The van der Waals surface area contributed by atoms with E-state index in [9.17, 15) is 55.9 Å². The van der Waals surface area contributed by atoms with Crippen molar-refractivity contribution in [1.29, 1.82) is 5.26 Å². The van der Waals surface area contributed by atoms with Crippen LogP contribution in [0.15, 0.2) is 72.4 Å². The van der Waals surface area contributed by atoms with Crippen molar-refractivity contribution in [3.63, 3.8) is 0 Å². The van der Waals surface area contributed by atoms with Crippen LogP contribution in [0, 0.1) is 35.3 Å². The van der Waals surface area contributed by atoms with Crippen LogP contribution in [0.3, 0.4) is 0 Å². The number of hydrogen-bond donors (Lipinski definition) is 3. The molecule has 3 aromatic carbocycles. The van der Waals surface area contributed by atoms with Crippen molar-refractivity contribution in [2.75, 3.05) is 36.2 Å². The predicted molar refractivity (Wildman–Crippen MR) is 279 cm³/mol. The predicted octanol–water partition coefficient (Wildman–Crippen LogP) is 9.83. The van der Waals surface area contributed by atoms with Gasteiger partial charge in [-0.15, -0.1) is 11.3 Å². The van der Waals surface area contributed by atoms with Crippen LogP contribution in [-0.4, -0.2) is 98.8 Å². The van der Waals surface area contributed by atoms with Crippen molar-refractivity contribution >= 4 is 63.7 Å². The molecule has 2 aromatic heterocycles. The molecule has 4 atom stereocenters. The third-order valence-electron chi connectivity index (χ3n) is 13.3. The molecule has 15 nitrogen and oxygen atoms in total. The van der Waals surface area contributed by atoms with Gasteiger partial charge in [0.25, 0.3) is 5.91 Å². The number of alkyl halides is 6. The summed E-state index contributed by atoms with van der Waals surface area (Å²) in [7, 11) is 0. The molecule has 2 aliphatic rings. The van der Waals surface area contributed by atoms with Crippen LogP contribution in [0.4, 0.5) is 46.5 Å². The number of halogens is 8. The van der Waals surface area contributed by atoms with Gasteiger partial charge < -0.3 is 35.0 Å². The number of aromatic nitrogens is 2. The number of nitrogens with one attached hydrogen (secondary N) is 2. The summed E-state index contributed by atoms with van der Waals surface area (Å²) >= 11 is 6.89. The summed E-state index contributed by atoms with van der Waals surface area (Å²) in [6.45, 7) is 10.8. The van der Waals surface area contributed by atoms with Crippen LogP contribution in [-0.2, 0) is 36.3 Å². The first-order valence-corrected chi connectivity index (χ1v) is 25.9. The zero-order valence-electron chi connectivity index (χ0n) is 43.6. The molecule has 2 fully saturated rings. The van der Waals surface area contributed by atoms with E-state index >= 15 is 8.78 Å². The molecule has 0 radical (unpaired) electrons. The number of aryl methyl sites for hydroxylation is 1. The average Bonchev–Trinajstić information content (AvgIpc) is 4.14. The maximum atomic E-state index is 15.5. The van der Waals surface area contributed by atoms with E-state index in [4.69, 9.17) is 21.7 Å². The van der Waals surface area contributed by atoms with E-state index in [1.165, 1.54) is 36.2 Å². The highest BCUT2D eigenvalue weighted by molar-refractivity contribution is 7.81. The first-order chi connectivity index (χ1) is 36.9. The van der Waals surface area contributed by atoms with Gasteiger partial charge in [-0.1, -0.05) is 45.0 Å². The minimum atomic E-state index is -5.37. The molecule has 5 aromatic rings. The Morgan fingerprint density at radius 1 is 0.949 bits per heavy atom. The van der Waals surface area contributed by atoms with Gasteiger partial charge in [-0.25, -0.2) is 13.8 Å². The highest BCUT2D eigenvalue weighted by atomic mass is 32.1. The summed E-state index contributed by atoms with van der Waals surface area (Å²) in [4.78, 5) is 66.4. The van der Waals surface area contributed by atoms with E-state index in [1.807, 2.05) is 38.1 Å². The number of aliphatic hydroxyl groups excluding tert-OH is 1. The van der Waals surface area contributed by atoms with E-state index < -0.39 is 128 Å². The van der Waals surface area contributed by atoms with Gasteiger partial charge in [0, 0.05) is 25.1 Å². The number of likely N-dealkylation sites (tertiary alicyclic amines) is 1. The number of thiocarbonyl (C=S) groups is 1. The van der Waals surface area contributed by atoms with Gasteiger partial charge >= 0.3 is 12.4 Å². The van der Waals surface area contributed by atoms with Crippen LogP contribution in [0.5, 0.6) is 5.75 Å². The second kappa shape index (κ2) is 23.3. The molecule has 0 bridgehead atoms. The number of rotatable bonds is 17. The largest absolute Gasteiger partial charge is 0.491 e. The smallest absolute Gasteiger partial charge is 0.420 e. The summed E-state index contributed by atoms with van der Waals surface area (Å²) in [5.41, 5.74) is -5.20. The SMILES string of the molecule is Cc1ncsc1-c1ccc([C@H](C)NC(=O)[C@@H]2C[C@@H](O)CN2C(=O)[C@@H](NC(=O)COCCCCOc2ccc(-c3ncc(N4C(=S)N(c5ccc(C#N)c(C(F)(F)F)c5F)C(=O)C4(C)C)cc3C(F)(F)F)cc2F)C(C)(C)C)cc1. The number of nitrogens with zero attached hydrogens (tertiary/aromatic N) is 6. The van der Waals surface area contributed by atoms with Gasteiger partial charge in [-0.3, -0.25) is 29.1 Å². The number of hydrogen-bond acceptors (Lipinski definition) is 12. The molecule has 4 heterocycles. The Kier molecular flexibility index (Phi) is 17.5. The van der Waals surface area contributed by atoms with Crippen molar-refractivity contribution in [3.8, 4) is 33.5 Å². The van der Waals surface area contributed by atoms with Crippen LogP contribution in [0.2, 0.25) is 0 Å². The van der Waals surface area contributed by atoms with Gasteiger partial charge in [0.05, 0.1) is 75.3 Å². The van der Waals surface area contributed by atoms with Crippen LogP contribution < -0.4 is 25.2 Å². The van der Waals surface area contributed by atoms with Gasteiger partial charge in [0.2, 0.25) is 17.7 Å². The fraction of sp³-hybridized carbons (Fsp3) is 0.407. The van der Waals surface area contributed by atoms with E-state index in [0.29, 0.717) is 23.5 Å². The van der Waals surface area contributed by atoms with Crippen molar-refractivity contribution in [2.24, 2.45) is 5.41 Å². The van der Waals surface area contributed by atoms with Gasteiger partial charge in [0.1, 0.15) is 29.8 Å². The fourth-order valence-corrected chi connectivity index (χ4v) is 10.5. The van der Waals surface area contributed by atoms with Crippen molar-refractivity contribution in [1.82, 2.24) is 25.5 Å².